The van der Waals surface area contributed by atoms with Gasteiger partial charge in [0.25, 0.3) is 0 Å². The van der Waals surface area contributed by atoms with E-state index in [1.807, 2.05) is 0 Å². The molecule has 1 aromatic rings. The molecule has 2 heteroatoms. The summed E-state index contributed by atoms with van der Waals surface area (Å²) in [6.07, 6.45) is 4.06. The lowest BCUT2D eigenvalue weighted by molar-refractivity contribution is 0.147. The summed E-state index contributed by atoms with van der Waals surface area (Å²) in [7, 11) is 0. The van der Waals surface area contributed by atoms with E-state index in [0.29, 0.717) is 12.0 Å². The Bertz CT molecular complexity index is 461. The average Bonchev–Trinajstić information content (AvgIpc) is 3.35. The predicted octanol–water partition coefficient (Wildman–Crippen LogP) is 6.43. The van der Waals surface area contributed by atoms with Crippen LogP contribution in [0.4, 0.5) is 0 Å². The second-order valence-electron chi connectivity index (χ2n) is 8.15. The van der Waals surface area contributed by atoms with Crippen LogP contribution in [-0.4, -0.2) is 21.9 Å². The molecule has 0 heterocycles. The predicted molar refractivity (Wildman–Crippen MR) is 111 cm³/mol. The van der Waals surface area contributed by atoms with Gasteiger partial charge in [0.05, 0.1) is 0 Å². The Labute approximate surface area is 157 Å². The molecular formula is C21H34IN. The number of alkyl halides is 1. The van der Waals surface area contributed by atoms with Crippen LogP contribution >= 0.6 is 22.6 Å². The third-order valence-electron chi connectivity index (χ3n) is 4.88. The maximum Gasteiger partial charge on any atom is 0.0353 e. The monoisotopic (exact) mass is 427 g/mol. The van der Waals surface area contributed by atoms with Gasteiger partial charge in [-0.3, -0.25) is 4.90 Å². The van der Waals surface area contributed by atoms with Gasteiger partial charge in [0, 0.05) is 23.1 Å². The fourth-order valence-electron chi connectivity index (χ4n) is 3.36. The summed E-state index contributed by atoms with van der Waals surface area (Å²) < 4.78 is 1.25. The van der Waals surface area contributed by atoms with E-state index < -0.39 is 0 Å². The van der Waals surface area contributed by atoms with Crippen molar-refractivity contribution in [1.29, 1.82) is 0 Å². The Hall–Kier alpha value is -0.0900. The Morgan fingerprint density at radius 2 is 1.57 bits per heavy atom. The zero-order valence-corrected chi connectivity index (χ0v) is 17.7. The fraction of sp³-hybridized carbons (Fsp3) is 0.714. The summed E-state index contributed by atoms with van der Waals surface area (Å²) in [5, 5.41) is 0. The smallest absolute Gasteiger partial charge is 0.0353 e. The van der Waals surface area contributed by atoms with Crippen molar-refractivity contribution in [3.63, 3.8) is 0 Å². The van der Waals surface area contributed by atoms with Crippen molar-refractivity contribution in [2.75, 3.05) is 11.0 Å². The third-order valence-corrected chi connectivity index (χ3v) is 6.39. The molecule has 0 bridgehead atoms. The largest absolute Gasteiger partial charge is 0.293 e. The molecule has 1 saturated carbocycles. The highest BCUT2D eigenvalue weighted by atomic mass is 127. The van der Waals surface area contributed by atoms with E-state index in [1.54, 1.807) is 0 Å². The zero-order chi connectivity index (χ0) is 17.0. The molecule has 0 spiro atoms. The molecular weight excluding hydrogens is 393 g/mol. The Kier molecular flexibility index (Phi) is 7.40. The zero-order valence-electron chi connectivity index (χ0n) is 15.6. The summed E-state index contributed by atoms with van der Waals surface area (Å²) in [6.45, 7) is 12.9. The normalized spacial score (nSPS) is 18.0. The van der Waals surface area contributed by atoms with Crippen LogP contribution in [0.15, 0.2) is 24.3 Å². The van der Waals surface area contributed by atoms with Gasteiger partial charge in [0.1, 0.15) is 0 Å². The molecule has 130 valence electrons. The second-order valence-corrected chi connectivity index (χ2v) is 9.03. The molecule has 1 aromatic carbocycles. The molecule has 2 rings (SSSR count). The number of nitrogens with zero attached hydrogens (tertiary/aromatic N) is 1. The minimum atomic E-state index is 0.592. The summed E-state index contributed by atoms with van der Waals surface area (Å²) in [4.78, 5) is 2.83. The maximum atomic E-state index is 2.83. The topological polar surface area (TPSA) is 3.24 Å². The van der Waals surface area contributed by atoms with Crippen LogP contribution in [0.3, 0.4) is 0 Å². The Morgan fingerprint density at radius 1 is 1.00 bits per heavy atom. The lowest BCUT2D eigenvalue weighted by atomic mass is 9.92. The van der Waals surface area contributed by atoms with E-state index >= 15 is 0 Å². The number of rotatable bonds is 9. The van der Waals surface area contributed by atoms with E-state index in [2.05, 4.69) is 86.4 Å². The molecule has 1 nitrogen and oxygen atoms in total. The second kappa shape index (κ2) is 8.84. The maximum absolute atomic E-state index is 2.83. The van der Waals surface area contributed by atoms with Crippen molar-refractivity contribution < 1.29 is 0 Å². The van der Waals surface area contributed by atoms with Gasteiger partial charge in [-0.1, -0.05) is 81.5 Å². The molecule has 0 aliphatic heterocycles. The quantitative estimate of drug-likeness (QED) is 0.324. The SMILES string of the molecule is CC(C)CC(c1ccc(C(C)C)cc1)N(CC(C)CI)C1CC1. The van der Waals surface area contributed by atoms with Gasteiger partial charge in [-0.25, -0.2) is 0 Å². The van der Waals surface area contributed by atoms with Crippen LogP contribution in [0.5, 0.6) is 0 Å². The van der Waals surface area contributed by atoms with Crippen molar-refractivity contribution in [2.45, 2.75) is 71.9 Å². The summed E-state index contributed by atoms with van der Waals surface area (Å²) in [5.74, 6) is 2.13. The summed E-state index contributed by atoms with van der Waals surface area (Å²) in [6, 6.07) is 10.9. The van der Waals surface area contributed by atoms with Crippen LogP contribution in [0.1, 0.15) is 77.0 Å². The molecule has 1 fully saturated rings. The lowest BCUT2D eigenvalue weighted by Gasteiger charge is -2.35. The van der Waals surface area contributed by atoms with Gasteiger partial charge in [0.2, 0.25) is 0 Å². The van der Waals surface area contributed by atoms with E-state index in [0.717, 1.165) is 17.9 Å². The van der Waals surface area contributed by atoms with Crippen LogP contribution in [-0.2, 0) is 0 Å². The van der Waals surface area contributed by atoms with Crippen molar-refractivity contribution in [3.8, 4) is 0 Å². The van der Waals surface area contributed by atoms with Crippen LogP contribution in [0, 0.1) is 11.8 Å². The molecule has 0 amide bonds. The van der Waals surface area contributed by atoms with Gasteiger partial charge < -0.3 is 0 Å². The van der Waals surface area contributed by atoms with Gasteiger partial charge in [0.15, 0.2) is 0 Å². The van der Waals surface area contributed by atoms with Gasteiger partial charge in [-0.15, -0.1) is 0 Å². The molecule has 0 saturated heterocycles. The first kappa shape index (κ1) is 19.2. The van der Waals surface area contributed by atoms with E-state index in [4.69, 9.17) is 0 Å². The summed E-state index contributed by atoms with van der Waals surface area (Å²) >= 11 is 2.54. The first-order chi connectivity index (χ1) is 10.9. The van der Waals surface area contributed by atoms with Crippen LogP contribution in [0.25, 0.3) is 0 Å². The van der Waals surface area contributed by atoms with Crippen molar-refractivity contribution >= 4 is 22.6 Å². The highest BCUT2D eigenvalue weighted by molar-refractivity contribution is 14.1. The first-order valence-corrected chi connectivity index (χ1v) is 10.9. The average molecular weight is 427 g/mol. The number of hydrogen-bond acceptors (Lipinski definition) is 1. The molecule has 1 aliphatic rings. The lowest BCUT2D eigenvalue weighted by Crippen LogP contribution is -2.36. The van der Waals surface area contributed by atoms with Gasteiger partial charge in [-0.2, -0.15) is 0 Å². The van der Waals surface area contributed by atoms with E-state index in [-0.39, 0.29) is 0 Å². The molecule has 2 atom stereocenters. The Morgan fingerprint density at radius 3 is 2.00 bits per heavy atom. The Balaban J connectivity index is 2.23. The first-order valence-electron chi connectivity index (χ1n) is 9.33. The fourth-order valence-corrected chi connectivity index (χ4v) is 3.64. The molecule has 1 aliphatic carbocycles. The molecule has 0 N–H and O–H groups in total. The third kappa shape index (κ3) is 5.74. The number of hydrogen-bond donors (Lipinski definition) is 0. The van der Waals surface area contributed by atoms with E-state index in [9.17, 15) is 0 Å². The van der Waals surface area contributed by atoms with Gasteiger partial charge in [-0.05, 0) is 48.1 Å². The highest BCUT2D eigenvalue weighted by Crippen LogP contribution is 2.38. The van der Waals surface area contributed by atoms with Crippen molar-refractivity contribution in [2.24, 2.45) is 11.8 Å². The van der Waals surface area contributed by atoms with Crippen LogP contribution < -0.4 is 0 Å². The minimum Gasteiger partial charge on any atom is -0.293 e. The van der Waals surface area contributed by atoms with Gasteiger partial charge >= 0.3 is 0 Å². The van der Waals surface area contributed by atoms with Crippen molar-refractivity contribution in [3.05, 3.63) is 35.4 Å². The molecule has 0 aromatic heterocycles. The number of halogens is 1. The molecule has 2 unspecified atom stereocenters. The van der Waals surface area contributed by atoms with Crippen molar-refractivity contribution in [1.82, 2.24) is 4.90 Å². The van der Waals surface area contributed by atoms with E-state index in [1.165, 1.54) is 41.4 Å². The molecule has 0 radical (unpaired) electrons. The van der Waals surface area contributed by atoms with Crippen LogP contribution in [0.2, 0.25) is 0 Å². The number of benzene rings is 1. The summed E-state index contributed by atoms with van der Waals surface area (Å²) in [5.41, 5.74) is 2.98. The standard InChI is InChI=1S/C21H34IN/c1-15(2)12-21(19-8-6-18(7-9-19)16(3)4)23(20-10-11-20)14-17(5)13-22/h6-9,15-17,20-21H,10-14H2,1-5H3. The highest BCUT2D eigenvalue weighted by Gasteiger charge is 2.35. The molecule has 23 heavy (non-hydrogen) atoms. The minimum absolute atomic E-state index is 0.592.